The second kappa shape index (κ2) is 16.5. The highest BCUT2D eigenvalue weighted by Gasteiger charge is 2.24. The van der Waals surface area contributed by atoms with E-state index in [-0.39, 0.29) is 49.6 Å². The first-order valence-corrected chi connectivity index (χ1v) is 13.3. The molecule has 1 rings (SSSR count). The normalized spacial score (nSPS) is 12.8. The lowest BCUT2D eigenvalue weighted by atomic mass is 10.1. The van der Waals surface area contributed by atoms with Gasteiger partial charge in [-0.25, -0.2) is 14.4 Å². The zero-order valence-electron chi connectivity index (χ0n) is 24.6. The van der Waals surface area contributed by atoms with Crippen LogP contribution >= 0.6 is 0 Å². The maximum atomic E-state index is 12.5. The minimum atomic E-state index is -1.10. The lowest BCUT2D eigenvalue weighted by molar-refractivity contribution is -0.148. The van der Waals surface area contributed by atoms with E-state index in [9.17, 15) is 19.2 Å². The van der Waals surface area contributed by atoms with Crippen molar-refractivity contribution in [1.82, 2.24) is 0 Å². The van der Waals surface area contributed by atoms with E-state index in [1.54, 1.807) is 26.8 Å². The number of benzene rings is 1. The van der Waals surface area contributed by atoms with E-state index in [0.29, 0.717) is 12.0 Å². The standard InChI is InChI=1S/C28H43NO11/c1-9-28(7,8)40-27(33)37-19(6)16-34-24(30)21(29)12-20-10-11-22(38-25(31)35-14-17(2)3)23(13-20)39-26(32)36-15-18(4)5/h10-11,13,17-19,21H,9,12,14-16,29H2,1-8H3/t19-,21-/m0/s1. The van der Waals surface area contributed by atoms with Crippen molar-refractivity contribution in [2.45, 2.75) is 86.0 Å². The van der Waals surface area contributed by atoms with Gasteiger partial charge in [0, 0.05) is 0 Å². The molecule has 2 atom stereocenters. The molecule has 226 valence electrons. The van der Waals surface area contributed by atoms with Gasteiger partial charge in [-0.1, -0.05) is 40.7 Å². The van der Waals surface area contributed by atoms with Gasteiger partial charge < -0.3 is 38.9 Å². The average Bonchev–Trinajstić information content (AvgIpc) is 2.85. The first-order chi connectivity index (χ1) is 18.6. The molecule has 0 aliphatic rings. The van der Waals surface area contributed by atoms with Gasteiger partial charge in [-0.05, 0) is 63.1 Å². The molecule has 12 heteroatoms. The maximum Gasteiger partial charge on any atom is 0.513 e. The third kappa shape index (κ3) is 14.0. The highest BCUT2D eigenvalue weighted by molar-refractivity contribution is 5.76. The molecule has 0 amide bonds. The third-order valence-corrected chi connectivity index (χ3v) is 5.19. The van der Waals surface area contributed by atoms with E-state index in [1.165, 1.54) is 12.1 Å². The Balaban J connectivity index is 2.83. The van der Waals surface area contributed by atoms with Crippen LogP contribution in [0.5, 0.6) is 11.5 Å². The smallest absolute Gasteiger partial charge is 0.461 e. The molecule has 12 nitrogen and oxygen atoms in total. The SMILES string of the molecule is CCC(C)(C)OC(=O)O[C@@H](C)COC(=O)[C@@H](N)Cc1ccc(OC(=O)OCC(C)C)c(OC(=O)OCC(C)C)c1. The topological polar surface area (TPSA) is 159 Å². The van der Waals surface area contributed by atoms with Gasteiger partial charge in [0.25, 0.3) is 0 Å². The summed E-state index contributed by atoms with van der Waals surface area (Å²) in [6.45, 7) is 14.4. The number of rotatable bonds is 14. The van der Waals surface area contributed by atoms with Gasteiger partial charge in [-0.15, -0.1) is 0 Å². The number of nitrogens with two attached hydrogens (primary N) is 1. The van der Waals surface area contributed by atoms with Crippen molar-refractivity contribution in [3.8, 4) is 11.5 Å². The average molecular weight is 570 g/mol. The van der Waals surface area contributed by atoms with Crippen molar-refractivity contribution in [1.29, 1.82) is 0 Å². The summed E-state index contributed by atoms with van der Waals surface area (Å²) >= 11 is 0. The predicted octanol–water partition coefficient (Wildman–Crippen LogP) is 5.17. The van der Waals surface area contributed by atoms with Crippen LogP contribution < -0.4 is 15.2 Å². The molecule has 0 saturated carbocycles. The van der Waals surface area contributed by atoms with Crippen LogP contribution in [0.15, 0.2) is 18.2 Å². The molecule has 1 aromatic rings. The van der Waals surface area contributed by atoms with Crippen molar-refractivity contribution >= 4 is 24.4 Å². The maximum absolute atomic E-state index is 12.5. The van der Waals surface area contributed by atoms with E-state index >= 15 is 0 Å². The lowest BCUT2D eigenvalue weighted by Crippen LogP contribution is -2.36. The van der Waals surface area contributed by atoms with Gasteiger partial charge in [0.05, 0.1) is 13.2 Å². The van der Waals surface area contributed by atoms with Gasteiger partial charge in [-0.2, -0.15) is 0 Å². The summed E-state index contributed by atoms with van der Waals surface area (Å²) in [7, 11) is 0. The number of hydrogen-bond donors (Lipinski definition) is 1. The van der Waals surface area contributed by atoms with E-state index in [4.69, 9.17) is 38.9 Å². The van der Waals surface area contributed by atoms with Crippen LogP contribution in [0.2, 0.25) is 0 Å². The number of ether oxygens (including phenoxy) is 7. The largest absolute Gasteiger partial charge is 0.513 e. The summed E-state index contributed by atoms with van der Waals surface area (Å²) in [5.74, 6) is -0.779. The first kappa shape index (κ1) is 34.5. The monoisotopic (exact) mass is 569 g/mol. The van der Waals surface area contributed by atoms with Crippen molar-refractivity contribution in [3.05, 3.63) is 23.8 Å². The number of carbonyl (C=O) groups excluding carboxylic acids is 4. The fraction of sp³-hybridized carbons (Fsp3) is 0.643. The zero-order valence-corrected chi connectivity index (χ0v) is 24.6. The molecule has 0 aromatic heterocycles. The summed E-state index contributed by atoms with van der Waals surface area (Å²) in [5.41, 5.74) is 5.81. The highest BCUT2D eigenvalue weighted by Crippen LogP contribution is 2.30. The van der Waals surface area contributed by atoms with E-state index in [1.807, 2.05) is 34.6 Å². The molecular formula is C28H43NO11. The van der Waals surface area contributed by atoms with Crippen LogP contribution in [0.1, 0.15) is 67.4 Å². The summed E-state index contributed by atoms with van der Waals surface area (Å²) in [6, 6.07) is 3.23. The summed E-state index contributed by atoms with van der Waals surface area (Å²) in [4.78, 5) is 48.6. The minimum Gasteiger partial charge on any atom is -0.461 e. The van der Waals surface area contributed by atoms with Crippen LogP contribution in [0.3, 0.4) is 0 Å². The molecule has 1 aromatic carbocycles. The first-order valence-electron chi connectivity index (χ1n) is 13.3. The quantitative estimate of drug-likeness (QED) is 0.178. The Morgan fingerprint density at radius 3 is 1.88 bits per heavy atom. The van der Waals surface area contributed by atoms with Gasteiger partial charge in [0.2, 0.25) is 0 Å². The van der Waals surface area contributed by atoms with E-state index in [2.05, 4.69) is 0 Å². The number of esters is 1. The third-order valence-electron chi connectivity index (χ3n) is 5.19. The Morgan fingerprint density at radius 1 is 0.800 bits per heavy atom. The Bertz CT molecular complexity index is 990. The van der Waals surface area contributed by atoms with Crippen LogP contribution in [0.25, 0.3) is 0 Å². The van der Waals surface area contributed by atoms with Gasteiger partial charge in [0.1, 0.15) is 24.4 Å². The van der Waals surface area contributed by atoms with Gasteiger partial charge in [-0.3, -0.25) is 4.79 Å². The summed E-state index contributed by atoms with van der Waals surface area (Å²) < 4.78 is 36.0. The van der Waals surface area contributed by atoms with E-state index < -0.39 is 42.2 Å². The molecule has 0 fully saturated rings. The Kier molecular flexibility index (Phi) is 14.3. The van der Waals surface area contributed by atoms with Crippen LogP contribution in [-0.2, 0) is 34.9 Å². The fourth-order valence-corrected chi connectivity index (χ4v) is 2.72. The molecular weight excluding hydrogens is 526 g/mol. The molecule has 0 spiro atoms. The highest BCUT2D eigenvalue weighted by atomic mass is 16.8. The second-order valence-corrected chi connectivity index (χ2v) is 10.7. The molecule has 0 heterocycles. The summed E-state index contributed by atoms with van der Waals surface area (Å²) in [5, 5.41) is 0. The van der Waals surface area contributed by atoms with Crippen molar-refractivity contribution in [2.24, 2.45) is 17.6 Å². The molecule has 40 heavy (non-hydrogen) atoms. The Labute approximate surface area is 235 Å². The molecule has 0 unspecified atom stereocenters. The molecule has 0 radical (unpaired) electrons. The Hall–Kier alpha value is -3.54. The zero-order chi connectivity index (χ0) is 30.5. The Morgan fingerprint density at radius 2 is 1.35 bits per heavy atom. The number of hydrogen-bond acceptors (Lipinski definition) is 12. The van der Waals surface area contributed by atoms with Crippen LogP contribution in [0, 0.1) is 11.8 Å². The van der Waals surface area contributed by atoms with Gasteiger partial charge in [0.15, 0.2) is 11.5 Å². The van der Waals surface area contributed by atoms with Crippen LogP contribution in [0.4, 0.5) is 14.4 Å². The molecule has 0 aliphatic carbocycles. The molecule has 2 N–H and O–H groups in total. The van der Waals surface area contributed by atoms with Crippen LogP contribution in [-0.4, -0.2) is 62.0 Å². The van der Waals surface area contributed by atoms with E-state index in [0.717, 1.165) is 0 Å². The second-order valence-electron chi connectivity index (χ2n) is 10.7. The predicted molar refractivity (Wildman–Crippen MR) is 144 cm³/mol. The number of carbonyl (C=O) groups is 4. The minimum absolute atomic E-state index is 0.00369. The van der Waals surface area contributed by atoms with Crippen molar-refractivity contribution < 1.29 is 52.3 Å². The molecule has 0 aliphatic heterocycles. The van der Waals surface area contributed by atoms with Crippen molar-refractivity contribution in [3.63, 3.8) is 0 Å². The van der Waals surface area contributed by atoms with Gasteiger partial charge >= 0.3 is 24.4 Å². The molecule has 0 bridgehead atoms. The molecule has 0 saturated heterocycles. The summed E-state index contributed by atoms with van der Waals surface area (Å²) in [6.07, 6.45) is -3.00. The fourth-order valence-electron chi connectivity index (χ4n) is 2.72. The van der Waals surface area contributed by atoms with Crippen molar-refractivity contribution in [2.75, 3.05) is 19.8 Å². The lowest BCUT2D eigenvalue weighted by Gasteiger charge is -2.24.